The fraction of sp³-hybridized carbons (Fsp3) is 0.267. The van der Waals surface area contributed by atoms with Crippen LogP contribution in [0.1, 0.15) is 28.7 Å². The summed E-state index contributed by atoms with van der Waals surface area (Å²) in [5, 5.41) is 33.3. The highest BCUT2D eigenvalue weighted by Gasteiger charge is 2.46. The smallest absolute Gasteiger partial charge is 0.269 e. The van der Waals surface area contributed by atoms with E-state index in [0.717, 1.165) is 5.48 Å². The van der Waals surface area contributed by atoms with Crippen LogP contribution in [0.25, 0.3) is 0 Å². The molecule has 1 heterocycles. The standard InChI is InChI=1S/C15H14F2N6O4/c1-15(26,14(16)17)11(13(25)21-27)18-12(24)9-5-2-8(3-6-9)4-7-10-19-22-23-20-10/h2-3,5-6,11,14,26-27H,1H3,(H,18,24)(H,21,25)(H,19,20,22,23)/t11-,15?/m1/s1. The number of hydrogen-bond acceptors (Lipinski definition) is 7. The molecule has 1 aromatic heterocycles. The number of nitrogens with one attached hydrogen (secondary N) is 3. The van der Waals surface area contributed by atoms with E-state index < -0.39 is 29.9 Å². The number of tetrazole rings is 1. The van der Waals surface area contributed by atoms with Crippen LogP contribution >= 0.6 is 0 Å². The number of hydroxylamine groups is 1. The number of aliphatic hydroxyl groups is 1. The summed E-state index contributed by atoms with van der Waals surface area (Å²) < 4.78 is 25.9. The van der Waals surface area contributed by atoms with Crippen LogP contribution < -0.4 is 10.8 Å². The average molecular weight is 380 g/mol. The normalized spacial score (nSPS) is 13.9. The molecule has 2 amide bonds. The fourth-order valence-electron chi connectivity index (χ4n) is 1.93. The molecule has 2 aromatic rings. The van der Waals surface area contributed by atoms with Crippen LogP contribution in [-0.2, 0) is 4.79 Å². The Morgan fingerprint density at radius 2 is 1.93 bits per heavy atom. The predicted octanol–water partition coefficient (Wildman–Crippen LogP) is -0.781. The molecule has 10 nitrogen and oxygen atoms in total. The van der Waals surface area contributed by atoms with E-state index >= 15 is 0 Å². The molecule has 0 aliphatic heterocycles. The molecule has 27 heavy (non-hydrogen) atoms. The van der Waals surface area contributed by atoms with Crippen molar-refractivity contribution in [2.45, 2.75) is 25.0 Å². The number of alkyl halides is 2. The van der Waals surface area contributed by atoms with Gasteiger partial charge in [-0.05, 0) is 42.3 Å². The highest BCUT2D eigenvalue weighted by atomic mass is 19.3. The molecule has 0 spiro atoms. The zero-order valence-electron chi connectivity index (χ0n) is 13.8. The molecule has 12 heteroatoms. The minimum Gasteiger partial charge on any atom is -0.381 e. The van der Waals surface area contributed by atoms with Gasteiger partial charge in [0.25, 0.3) is 18.2 Å². The van der Waals surface area contributed by atoms with E-state index in [1.54, 1.807) is 0 Å². The maximum absolute atomic E-state index is 13.0. The van der Waals surface area contributed by atoms with Crippen LogP contribution in [0.4, 0.5) is 8.78 Å². The predicted molar refractivity (Wildman–Crippen MR) is 84.4 cm³/mol. The molecule has 0 saturated carbocycles. The molecule has 2 atom stereocenters. The van der Waals surface area contributed by atoms with E-state index in [2.05, 4.69) is 32.5 Å². The molecule has 0 aliphatic carbocycles. The van der Waals surface area contributed by atoms with Crippen LogP contribution in [-0.4, -0.2) is 60.8 Å². The van der Waals surface area contributed by atoms with Crippen molar-refractivity contribution in [2.24, 2.45) is 0 Å². The first kappa shape index (κ1) is 19.9. The number of benzene rings is 1. The molecule has 0 aliphatic rings. The molecule has 1 aromatic carbocycles. The Kier molecular flexibility index (Phi) is 6.11. The molecule has 142 valence electrons. The van der Waals surface area contributed by atoms with Gasteiger partial charge in [-0.3, -0.25) is 14.8 Å². The molecular formula is C15H14F2N6O4. The van der Waals surface area contributed by atoms with Gasteiger partial charge < -0.3 is 10.4 Å². The van der Waals surface area contributed by atoms with Gasteiger partial charge in [-0.2, -0.15) is 5.21 Å². The van der Waals surface area contributed by atoms with Crippen LogP contribution in [0.5, 0.6) is 0 Å². The number of aromatic nitrogens is 4. The summed E-state index contributed by atoms with van der Waals surface area (Å²) in [6.07, 6.45) is -3.36. The summed E-state index contributed by atoms with van der Waals surface area (Å²) in [5.41, 5.74) is -1.25. The van der Waals surface area contributed by atoms with Crippen LogP contribution in [0.15, 0.2) is 24.3 Å². The van der Waals surface area contributed by atoms with E-state index in [4.69, 9.17) is 5.21 Å². The first-order valence-corrected chi connectivity index (χ1v) is 7.36. The third-order valence-electron chi connectivity index (χ3n) is 3.49. The van der Waals surface area contributed by atoms with E-state index in [1.165, 1.54) is 24.3 Å². The lowest BCUT2D eigenvalue weighted by Crippen LogP contribution is -2.61. The largest absolute Gasteiger partial charge is 0.381 e. The van der Waals surface area contributed by atoms with Crippen molar-refractivity contribution < 1.29 is 28.7 Å². The SMILES string of the molecule is CC(O)(C(F)F)[C@H](NC(=O)c1ccc(C#Cc2nn[nH]n2)cc1)C(=O)NO. The van der Waals surface area contributed by atoms with Crippen LogP contribution in [0.3, 0.4) is 0 Å². The number of H-pyrrole nitrogens is 1. The number of amides is 2. The summed E-state index contributed by atoms with van der Waals surface area (Å²) >= 11 is 0. The fourth-order valence-corrected chi connectivity index (χ4v) is 1.93. The summed E-state index contributed by atoms with van der Waals surface area (Å²) in [6.45, 7) is 0.661. The van der Waals surface area contributed by atoms with Crippen LogP contribution in [0, 0.1) is 11.8 Å². The van der Waals surface area contributed by atoms with Crippen LogP contribution in [0.2, 0.25) is 0 Å². The number of halogens is 2. The number of carbonyl (C=O) groups excluding carboxylic acids is 2. The third kappa shape index (κ3) is 4.81. The van der Waals surface area contributed by atoms with Crippen molar-refractivity contribution >= 4 is 11.8 Å². The summed E-state index contributed by atoms with van der Waals surface area (Å²) in [7, 11) is 0. The van der Waals surface area contributed by atoms with Crippen molar-refractivity contribution in [3.8, 4) is 11.8 Å². The second kappa shape index (κ2) is 8.30. The molecule has 0 fully saturated rings. The molecular weight excluding hydrogens is 366 g/mol. The maximum Gasteiger partial charge on any atom is 0.269 e. The first-order chi connectivity index (χ1) is 12.8. The second-order valence-electron chi connectivity index (χ2n) is 5.47. The van der Waals surface area contributed by atoms with Crippen molar-refractivity contribution in [2.75, 3.05) is 0 Å². The van der Waals surface area contributed by atoms with E-state index in [9.17, 15) is 23.5 Å². The van der Waals surface area contributed by atoms with Gasteiger partial charge in [-0.15, -0.1) is 5.10 Å². The zero-order valence-corrected chi connectivity index (χ0v) is 13.8. The molecule has 2 rings (SSSR count). The highest BCUT2D eigenvalue weighted by molar-refractivity contribution is 5.97. The number of hydrogen-bond donors (Lipinski definition) is 5. The Balaban J connectivity index is 2.15. The van der Waals surface area contributed by atoms with Gasteiger partial charge in [0, 0.05) is 11.1 Å². The lowest BCUT2D eigenvalue weighted by molar-refractivity contribution is -0.149. The quantitative estimate of drug-likeness (QED) is 0.259. The Morgan fingerprint density at radius 1 is 1.26 bits per heavy atom. The average Bonchev–Trinajstić information content (AvgIpc) is 3.17. The minimum absolute atomic E-state index is 0.0147. The van der Waals surface area contributed by atoms with E-state index in [0.29, 0.717) is 12.5 Å². The lowest BCUT2D eigenvalue weighted by atomic mass is 9.95. The number of rotatable bonds is 5. The Bertz CT molecular complexity index is 859. The molecule has 1 unspecified atom stereocenters. The van der Waals surface area contributed by atoms with Gasteiger partial charge in [0.05, 0.1) is 0 Å². The van der Waals surface area contributed by atoms with Gasteiger partial charge >= 0.3 is 0 Å². The Hall–Kier alpha value is -3.43. The van der Waals surface area contributed by atoms with Crippen molar-refractivity contribution in [1.82, 2.24) is 31.4 Å². The van der Waals surface area contributed by atoms with Crippen molar-refractivity contribution in [3.05, 3.63) is 41.2 Å². The summed E-state index contributed by atoms with van der Waals surface area (Å²) in [5.74, 6) is 3.19. The van der Waals surface area contributed by atoms with Gasteiger partial charge in [0.2, 0.25) is 5.82 Å². The number of aromatic amines is 1. The summed E-state index contributed by atoms with van der Waals surface area (Å²) in [6, 6.07) is 3.51. The number of carbonyl (C=O) groups is 2. The van der Waals surface area contributed by atoms with Crippen molar-refractivity contribution in [1.29, 1.82) is 0 Å². The van der Waals surface area contributed by atoms with E-state index in [-0.39, 0.29) is 11.4 Å². The van der Waals surface area contributed by atoms with Gasteiger partial charge in [-0.25, -0.2) is 14.3 Å². The lowest BCUT2D eigenvalue weighted by Gasteiger charge is -2.30. The first-order valence-electron chi connectivity index (χ1n) is 7.36. The molecule has 0 radical (unpaired) electrons. The molecule has 0 bridgehead atoms. The van der Waals surface area contributed by atoms with Gasteiger partial charge in [0.15, 0.2) is 5.60 Å². The number of nitrogens with zero attached hydrogens (tertiary/aromatic N) is 3. The van der Waals surface area contributed by atoms with Gasteiger partial charge in [0.1, 0.15) is 6.04 Å². The summed E-state index contributed by atoms with van der Waals surface area (Å²) in [4.78, 5) is 23.8. The minimum atomic E-state index is -3.36. The second-order valence-corrected chi connectivity index (χ2v) is 5.47. The maximum atomic E-state index is 13.0. The monoisotopic (exact) mass is 380 g/mol. The topological polar surface area (TPSA) is 153 Å². The molecule has 0 saturated heterocycles. The van der Waals surface area contributed by atoms with Gasteiger partial charge in [-0.1, -0.05) is 11.0 Å². The molecule has 5 N–H and O–H groups in total. The Labute approximate surface area is 150 Å². The third-order valence-corrected chi connectivity index (χ3v) is 3.49. The highest BCUT2D eigenvalue weighted by Crippen LogP contribution is 2.20. The Morgan fingerprint density at radius 3 is 2.44 bits per heavy atom. The van der Waals surface area contributed by atoms with Crippen molar-refractivity contribution in [3.63, 3.8) is 0 Å². The zero-order chi connectivity index (χ0) is 20.0. The van der Waals surface area contributed by atoms with E-state index in [1.807, 2.05) is 5.32 Å².